The molecule has 154 valence electrons. The highest BCUT2D eigenvalue weighted by molar-refractivity contribution is 5.83. The van der Waals surface area contributed by atoms with Gasteiger partial charge in [-0.05, 0) is 49.6 Å². The smallest absolute Gasteiger partial charge is 0.196 e. The Bertz CT molecular complexity index is 873. The van der Waals surface area contributed by atoms with Gasteiger partial charge in [0.05, 0.1) is 5.69 Å². The van der Waals surface area contributed by atoms with E-state index in [1.807, 2.05) is 18.2 Å². The van der Waals surface area contributed by atoms with Crippen LogP contribution >= 0.6 is 0 Å². The van der Waals surface area contributed by atoms with Crippen LogP contribution in [0.25, 0.3) is 0 Å². The third-order valence-corrected chi connectivity index (χ3v) is 6.05. The van der Waals surface area contributed by atoms with Gasteiger partial charge in [0.15, 0.2) is 5.96 Å². The first-order valence-corrected chi connectivity index (χ1v) is 10.9. The number of aliphatic imine (C=N–C) groups is 1. The van der Waals surface area contributed by atoms with E-state index in [1.54, 1.807) is 0 Å². The molecule has 4 rings (SSSR count). The normalized spacial score (nSPS) is 16.9. The molecule has 2 N–H and O–H groups in total. The van der Waals surface area contributed by atoms with E-state index in [1.165, 1.54) is 37.8 Å². The molecule has 0 atom stereocenters. The molecule has 2 aromatic carbocycles. The SMILES string of the molecule is CCCN1Cc2cc(Oc3cccc(N(C)C4CCCCC4)c3)ccc2N=C1N. The summed E-state index contributed by atoms with van der Waals surface area (Å²) in [6.07, 6.45) is 7.65. The lowest BCUT2D eigenvalue weighted by molar-refractivity contribution is 0.400. The van der Waals surface area contributed by atoms with Crippen molar-refractivity contribution in [2.75, 3.05) is 18.5 Å². The molecular formula is C24H32N4O. The minimum absolute atomic E-state index is 0.603. The molecule has 0 spiro atoms. The van der Waals surface area contributed by atoms with E-state index in [9.17, 15) is 0 Å². The number of anilines is 1. The van der Waals surface area contributed by atoms with Crippen molar-refractivity contribution in [1.82, 2.24) is 4.90 Å². The summed E-state index contributed by atoms with van der Waals surface area (Å²) in [5.41, 5.74) is 9.40. The highest BCUT2D eigenvalue weighted by atomic mass is 16.5. The Morgan fingerprint density at radius 3 is 2.69 bits per heavy atom. The van der Waals surface area contributed by atoms with Crippen molar-refractivity contribution in [2.24, 2.45) is 10.7 Å². The Balaban J connectivity index is 1.49. The van der Waals surface area contributed by atoms with Crippen LogP contribution < -0.4 is 15.4 Å². The third-order valence-electron chi connectivity index (χ3n) is 6.05. The second-order valence-corrected chi connectivity index (χ2v) is 8.18. The summed E-state index contributed by atoms with van der Waals surface area (Å²) in [5.74, 6) is 2.31. The lowest BCUT2D eigenvalue weighted by atomic mass is 9.94. The van der Waals surface area contributed by atoms with Crippen molar-refractivity contribution in [3.63, 3.8) is 0 Å². The van der Waals surface area contributed by atoms with Crippen LogP contribution in [0.4, 0.5) is 11.4 Å². The lowest BCUT2D eigenvalue weighted by Gasteiger charge is -2.33. The monoisotopic (exact) mass is 392 g/mol. The van der Waals surface area contributed by atoms with Gasteiger partial charge < -0.3 is 20.3 Å². The van der Waals surface area contributed by atoms with Crippen LogP contribution in [-0.2, 0) is 6.54 Å². The maximum atomic E-state index is 6.22. The quantitative estimate of drug-likeness (QED) is 0.713. The van der Waals surface area contributed by atoms with E-state index in [2.05, 4.69) is 53.0 Å². The zero-order valence-electron chi connectivity index (χ0n) is 17.6. The second-order valence-electron chi connectivity index (χ2n) is 8.18. The predicted octanol–water partition coefficient (Wildman–Crippen LogP) is 5.42. The van der Waals surface area contributed by atoms with Crippen molar-refractivity contribution in [2.45, 2.75) is 58.0 Å². The molecule has 0 amide bonds. The number of nitrogens with zero attached hydrogens (tertiary/aromatic N) is 3. The molecule has 2 aromatic rings. The average Bonchev–Trinajstić information content (AvgIpc) is 2.75. The van der Waals surface area contributed by atoms with Gasteiger partial charge in [0.25, 0.3) is 0 Å². The van der Waals surface area contributed by atoms with E-state index in [0.717, 1.165) is 42.3 Å². The predicted molar refractivity (Wildman–Crippen MR) is 120 cm³/mol. The third kappa shape index (κ3) is 4.50. The molecule has 0 radical (unpaired) electrons. The Labute approximate surface area is 174 Å². The number of rotatable bonds is 6. The van der Waals surface area contributed by atoms with E-state index in [-0.39, 0.29) is 0 Å². The lowest BCUT2D eigenvalue weighted by Crippen LogP contribution is -2.39. The van der Waals surface area contributed by atoms with Crippen molar-refractivity contribution in [3.05, 3.63) is 48.0 Å². The Hall–Kier alpha value is -2.69. The van der Waals surface area contributed by atoms with Gasteiger partial charge >= 0.3 is 0 Å². The molecule has 0 unspecified atom stereocenters. The van der Waals surface area contributed by atoms with Crippen LogP contribution in [0.15, 0.2) is 47.5 Å². The number of nitrogens with two attached hydrogens (primary N) is 1. The molecule has 5 heteroatoms. The minimum atomic E-state index is 0.603. The molecule has 1 aliphatic carbocycles. The fourth-order valence-electron chi connectivity index (χ4n) is 4.39. The number of hydrogen-bond acceptors (Lipinski definition) is 5. The van der Waals surface area contributed by atoms with Crippen molar-refractivity contribution in [3.8, 4) is 11.5 Å². The Kier molecular flexibility index (Phi) is 5.93. The Morgan fingerprint density at radius 2 is 1.90 bits per heavy atom. The van der Waals surface area contributed by atoms with Gasteiger partial charge in [0, 0.05) is 43.5 Å². The first-order valence-electron chi connectivity index (χ1n) is 10.9. The number of guanidine groups is 1. The van der Waals surface area contributed by atoms with Gasteiger partial charge in [-0.25, -0.2) is 4.99 Å². The van der Waals surface area contributed by atoms with E-state index in [4.69, 9.17) is 10.5 Å². The van der Waals surface area contributed by atoms with Crippen LogP contribution in [-0.4, -0.2) is 30.5 Å². The number of fused-ring (bicyclic) bond motifs is 1. The zero-order valence-corrected chi connectivity index (χ0v) is 17.6. The number of ether oxygens (including phenoxy) is 1. The fraction of sp³-hybridized carbons (Fsp3) is 0.458. The Morgan fingerprint density at radius 1 is 1.10 bits per heavy atom. The van der Waals surface area contributed by atoms with Crippen LogP contribution in [0, 0.1) is 0 Å². The standard InChI is InChI=1S/C24H32N4O/c1-3-14-28-17-18-15-22(12-13-23(18)26-24(28)25)29-21-11-7-10-20(16-21)27(2)19-8-5-4-6-9-19/h7,10-13,15-16,19H,3-6,8-9,14,17H2,1-2H3,(H2,25,26). The van der Waals surface area contributed by atoms with Crippen LogP contribution in [0.1, 0.15) is 51.0 Å². The molecule has 1 aliphatic heterocycles. The highest BCUT2D eigenvalue weighted by Crippen LogP contribution is 2.33. The van der Waals surface area contributed by atoms with Gasteiger partial charge in [-0.3, -0.25) is 0 Å². The van der Waals surface area contributed by atoms with Gasteiger partial charge in [0.2, 0.25) is 0 Å². The van der Waals surface area contributed by atoms with Gasteiger partial charge in [-0.15, -0.1) is 0 Å². The molecule has 0 aromatic heterocycles. The molecule has 1 fully saturated rings. The topological polar surface area (TPSA) is 54.1 Å². The second kappa shape index (κ2) is 8.76. The van der Waals surface area contributed by atoms with Gasteiger partial charge in [-0.2, -0.15) is 0 Å². The molecule has 2 aliphatic rings. The maximum absolute atomic E-state index is 6.22. The molecule has 0 bridgehead atoms. The largest absolute Gasteiger partial charge is 0.457 e. The molecule has 1 heterocycles. The molecule has 1 saturated carbocycles. The van der Waals surface area contributed by atoms with Crippen molar-refractivity contribution in [1.29, 1.82) is 0 Å². The minimum Gasteiger partial charge on any atom is -0.457 e. The van der Waals surface area contributed by atoms with Crippen LogP contribution in [0.2, 0.25) is 0 Å². The first-order chi connectivity index (χ1) is 14.1. The zero-order chi connectivity index (χ0) is 20.2. The summed E-state index contributed by atoms with van der Waals surface area (Å²) in [7, 11) is 2.21. The van der Waals surface area contributed by atoms with Crippen LogP contribution in [0.5, 0.6) is 11.5 Å². The molecular weight excluding hydrogens is 360 g/mol. The summed E-state index contributed by atoms with van der Waals surface area (Å²) in [5, 5.41) is 0. The first kappa shape index (κ1) is 19.6. The maximum Gasteiger partial charge on any atom is 0.196 e. The number of hydrogen-bond donors (Lipinski definition) is 1. The highest BCUT2D eigenvalue weighted by Gasteiger charge is 2.19. The van der Waals surface area contributed by atoms with E-state index < -0.39 is 0 Å². The van der Waals surface area contributed by atoms with Crippen molar-refractivity contribution < 1.29 is 4.74 Å². The van der Waals surface area contributed by atoms with Crippen LogP contribution in [0.3, 0.4) is 0 Å². The summed E-state index contributed by atoms with van der Waals surface area (Å²) in [6.45, 7) is 3.84. The molecule has 29 heavy (non-hydrogen) atoms. The van der Waals surface area contributed by atoms with Crippen molar-refractivity contribution >= 4 is 17.3 Å². The summed E-state index contributed by atoms with van der Waals surface area (Å²) in [4.78, 5) is 9.07. The summed E-state index contributed by atoms with van der Waals surface area (Å²) >= 11 is 0. The summed E-state index contributed by atoms with van der Waals surface area (Å²) in [6, 6.07) is 15.1. The van der Waals surface area contributed by atoms with E-state index in [0.29, 0.717) is 12.0 Å². The summed E-state index contributed by atoms with van der Waals surface area (Å²) < 4.78 is 6.22. The van der Waals surface area contributed by atoms with E-state index >= 15 is 0 Å². The fourth-order valence-corrected chi connectivity index (χ4v) is 4.39. The van der Waals surface area contributed by atoms with Gasteiger partial charge in [-0.1, -0.05) is 32.3 Å². The van der Waals surface area contributed by atoms with Gasteiger partial charge in [0.1, 0.15) is 11.5 Å². The number of benzene rings is 2. The molecule has 5 nitrogen and oxygen atoms in total. The molecule has 0 saturated heterocycles. The average molecular weight is 393 g/mol.